The van der Waals surface area contributed by atoms with Crippen LogP contribution in [0.1, 0.15) is 28.0 Å². The molecule has 1 aliphatic rings. The number of H-pyrrole nitrogens is 1. The molecule has 0 saturated carbocycles. The number of aromatic amines is 1. The molecule has 6 heteroatoms. The van der Waals surface area contributed by atoms with Crippen LogP contribution in [0.4, 0.5) is 5.69 Å². The number of nitrogens with one attached hydrogen (secondary N) is 1. The van der Waals surface area contributed by atoms with Gasteiger partial charge in [0.1, 0.15) is 0 Å². The van der Waals surface area contributed by atoms with Crippen LogP contribution in [0.2, 0.25) is 0 Å². The van der Waals surface area contributed by atoms with E-state index < -0.39 is 0 Å². The van der Waals surface area contributed by atoms with Crippen LogP contribution in [0.3, 0.4) is 0 Å². The lowest BCUT2D eigenvalue weighted by Gasteiger charge is -2.32. The zero-order valence-electron chi connectivity index (χ0n) is 17.4. The molecule has 0 unspecified atom stereocenters. The highest BCUT2D eigenvalue weighted by atomic mass is 32.1. The maximum absolute atomic E-state index is 12.9. The van der Waals surface area contributed by atoms with Gasteiger partial charge in [-0.15, -0.1) is 0 Å². The number of hydrogen-bond acceptors (Lipinski definition) is 4. The summed E-state index contributed by atoms with van der Waals surface area (Å²) in [6, 6.07) is 24.5. The van der Waals surface area contributed by atoms with Crippen LogP contribution in [0.5, 0.6) is 5.88 Å². The van der Waals surface area contributed by atoms with E-state index in [1.807, 2.05) is 35.2 Å². The number of anilines is 1. The number of aryl methyl sites for hydroxylation is 1. The van der Waals surface area contributed by atoms with Crippen molar-refractivity contribution in [2.75, 3.05) is 4.90 Å². The Hall–Kier alpha value is -3.64. The number of aromatic hydroxyl groups is 1. The second-order valence-electron chi connectivity index (χ2n) is 7.93. The van der Waals surface area contributed by atoms with Crippen molar-refractivity contribution in [1.82, 2.24) is 4.98 Å². The number of carbonyl (C=O) groups excluding carboxylic acids is 1. The lowest BCUT2D eigenvalue weighted by atomic mass is 9.94. The number of nitrogens with zero attached hydrogens (tertiary/aromatic N) is 1. The van der Waals surface area contributed by atoms with Gasteiger partial charge in [-0.05, 0) is 34.2 Å². The number of fused-ring (bicyclic) bond motifs is 1. The molecule has 5 nitrogen and oxygen atoms in total. The van der Waals surface area contributed by atoms with Crippen LogP contribution in [0.25, 0.3) is 11.1 Å². The first-order valence-corrected chi connectivity index (χ1v) is 11.4. The zero-order valence-corrected chi connectivity index (χ0v) is 18.2. The van der Waals surface area contributed by atoms with E-state index in [2.05, 4.69) is 47.4 Å². The summed E-state index contributed by atoms with van der Waals surface area (Å²) in [5.41, 5.74) is 6.29. The number of amides is 1. The Morgan fingerprint density at radius 3 is 2.34 bits per heavy atom. The molecule has 1 amide bonds. The highest BCUT2D eigenvalue weighted by Gasteiger charge is 2.27. The van der Waals surface area contributed by atoms with Gasteiger partial charge in [0.25, 0.3) is 0 Å². The second-order valence-corrected chi connectivity index (χ2v) is 9.00. The molecule has 160 valence electrons. The lowest BCUT2D eigenvalue weighted by molar-refractivity contribution is -0.119. The predicted octanol–water partition coefficient (Wildman–Crippen LogP) is 4.88. The first-order valence-electron chi connectivity index (χ1n) is 10.5. The highest BCUT2D eigenvalue weighted by molar-refractivity contribution is 7.09. The topological polar surface area (TPSA) is 73.4 Å². The van der Waals surface area contributed by atoms with Crippen LogP contribution in [0, 0.1) is 0 Å². The average molecular weight is 443 g/mol. The van der Waals surface area contributed by atoms with Gasteiger partial charge in [0.2, 0.25) is 11.8 Å². The monoisotopic (exact) mass is 442 g/mol. The molecule has 0 spiro atoms. The highest BCUT2D eigenvalue weighted by Crippen LogP contribution is 2.35. The molecular weight excluding hydrogens is 420 g/mol. The molecule has 2 heterocycles. The summed E-state index contributed by atoms with van der Waals surface area (Å²) in [4.78, 5) is 29.1. The Kier molecular flexibility index (Phi) is 5.37. The van der Waals surface area contributed by atoms with E-state index in [-0.39, 0.29) is 16.7 Å². The Labute approximate surface area is 189 Å². The van der Waals surface area contributed by atoms with Gasteiger partial charge in [-0.3, -0.25) is 14.6 Å². The minimum Gasteiger partial charge on any atom is -0.494 e. The molecule has 5 rings (SSSR count). The Morgan fingerprint density at radius 1 is 0.875 bits per heavy atom. The van der Waals surface area contributed by atoms with Crippen molar-refractivity contribution in [2.45, 2.75) is 25.8 Å². The summed E-state index contributed by atoms with van der Waals surface area (Å²) in [5, 5.41) is 10.0. The summed E-state index contributed by atoms with van der Waals surface area (Å²) in [6.45, 7) is 0.479. The predicted molar refractivity (Wildman–Crippen MR) is 127 cm³/mol. The summed E-state index contributed by atoms with van der Waals surface area (Å²) in [5.74, 6) is -0.00801. The first kappa shape index (κ1) is 20.3. The Bertz CT molecular complexity index is 1320. The van der Waals surface area contributed by atoms with E-state index in [1.54, 1.807) is 0 Å². The van der Waals surface area contributed by atoms with E-state index in [9.17, 15) is 14.7 Å². The SMILES string of the molecule is O=C1CCc2cccc(Cc3sc(=O)[nH]c3O)c2N1Cc1ccc(-c2ccccc2)cc1. The molecule has 0 bridgehead atoms. The molecule has 2 N–H and O–H groups in total. The van der Waals surface area contributed by atoms with E-state index in [4.69, 9.17) is 0 Å². The van der Waals surface area contributed by atoms with Gasteiger partial charge in [-0.2, -0.15) is 0 Å². The largest absolute Gasteiger partial charge is 0.494 e. The molecule has 0 atom stereocenters. The summed E-state index contributed by atoms with van der Waals surface area (Å²) < 4.78 is 0. The Balaban J connectivity index is 1.46. The van der Waals surface area contributed by atoms with E-state index in [0.717, 1.165) is 44.8 Å². The number of carbonyl (C=O) groups is 1. The van der Waals surface area contributed by atoms with Crippen molar-refractivity contribution in [3.8, 4) is 17.0 Å². The molecule has 3 aromatic carbocycles. The number of aromatic nitrogens is 1. The van der Waals surface area contributed by atoms with Gasteiger partial charge in [0.05, 0.1) is 17.1 Å². The van der Waals surface area contributed by atoms with Gasteiger partial charge >= 0.3 is 4.87 Å². The third-order valence-electron chi connectivity index (χ3n) is 5.84. The zero-order chi connectivity index (χ0) is 22.1. The van der Waals surface area contributed by atoms with E-state index in [1.165, 1.54) is 0 Å². The van der Waals surface area contributed by atoms with Crippen molar-refractivity contribution >= 4 is 22.9 Å². The van der Waals surface area contributed by atoms with Gasteiger partial charge in [-0.25, -0.2) is 0 Å². The first-order chi connectivity index (χ1) is 15.6. The van der Waals surface area contributed by atoms with Gasteiger partial charge in [-0.1, -0.05) is 84.1 Å². The van der Waals surface area contributed by atoms with Crippen molar-refractivity contribution in [3.05, 3.63) is 104 Å². The van der Waals surface area contributed by atoms with Crippen LogP contribution in [0.15, 0.2) is 77.6 Å². The Morgan fingerprint density at radius 2 is 1.62 bits per heavy atom. The van der Waals surface area contributed by atoms with Crippen LogP contribution < -0.4 is 9.77 Å². The molecule has 0 saturated heterocycles. The van der Waals surface area contributed by atoms with Gasteiger partial charge < -0.3 is 10.0 Å². The number of rotatable bonds is 5. The molecule has 1 aromatic heterocycles. The van der Waals surface area contributed by atoms with Gasteiger partial charge in [0, 0.05) is 12.8 Å². The standard InChI is InChI=1S/C26H22N2O3S/c29-23-14-13-20-7-4-8-21(15-22-25(30)27-26(31)32-22)24(20)28(23)16-17-9-11-19(12-10-17)18-5-2-1-3-6-18/h1-12,30H,13-16H2,(H,27,31). The van der Waals surface area contributed by atoms with Crippen LogP contribution in [-0.2, 0) is 24.2 Å². The normalized spacial score (nSPS) is 13.2. The minimum atomic E-state index is -0.284. The maximum Gasteiger partial charge on any atom is 0.307 e. The molecule has 0 radical (unpaired) electrons. The van der Waals surface area contributed by atoms with Crippen LogP contribution in [-0.4, -0.2) is 16.0 Å². The van der Waals surface area contributed by atoms with Gasteiger partial charge in [0.15, 0.2) is 0 Å². The van der Waals surface area contributed by atoms with Crippen molar-refractivity contribution in [3.63, 3.8) is 0 Å². The fourth-order valence-corrected chi connectivity index (χ4v) is 5.01. The van der Waals surface area contributed by atoms with Crippen molar-refractivity contribution in [2.24, 2.45) is 0 Å². The molecule has 4 aromatic rings. The van der Waals surface area contributed by atoms with Crippen molar-refractivity contribution in [1.29, 1.82) is 0 Å². The summed E-state index contributed by atoms with van der Waals surface area (Å²) >= 11 is 1.00. The molecule has 32 heavy (non-hydrogen) atoms. The number of thiazole rings is 1. The van der Waals surface area contributed by atoms with Crippen LogP contribution >= 0.6 is 11.3 Å². The fourth-order valence-electron chi connectivity index (χ4n) is 4.26. The smallest absolute Gasteiger partial charge is 0.307 e. The lowest BCUT2D eigenvalue weighted by Crippen LogP contribution is -2.35. The third kappa shape index (κ3) is 3.97. The number of hydrogen-bond donors (Lipinski definition) is 2. The quantitative estimate of drug-likeness (QED) is 0.463. The second kappa shape index (κ2) is 8.48. The maximum atomic E-state index is 12.9. The molecule has 0 aliphatic carbocycles. The summed E-state index contributed by atoms with van der Waals surface area (Å²) in [6.07, 6.45) is 1.57. The van der Waals surface area contributed by atoms with Crippen molar-refractivity contribution < 1.29 is 9.90 Å². The van der Waals surface area contributed by atoms with E-state index >= 15 is 0 Å². The molecular formula is C26H22N2O3S. The number of benzene rings is 3. The number of para-hydroxylation sites is 1. The molecule has 0 fully saturated rings. The average Bonchev–Trinajstić information content (AvgIpc) is 3.13. The third-order valence-corrected chi connectivity index (χ3v) is 6.71. The minimum absolute atomic E-state index is 0.0866. The fraction of sp³-hybridized carbons (Fsp3) is 0.154. The summed E-state index contributed by atoms with van der Waals surface area (Å²) in [7, 11) is 0. The van der Waals surface area contributed by atoms with E-state index in [0.29, 0.717) is 30.7 Å². The molecule has 1 aliphatic heterocycles.